The zero-order valence-electron chi connectivity index (χ0n) is 33.4. The topological polar surface area (TPSA) is 115 Å². The largest absolute Gasteiger partial charge is 0.508 e. The van der Waals surface area contributed by atoms with Gasteiger partial charge >= 0.3 is 0 Å². The molecule has 1 aliphatic carbocycles. The van der Waals surface area contributed by atoms with Gasteiger partial charge in [0, 0.05) is 75.3 Å². The fourth-order valence-electron chi connectivity index (χ4n) is 10.8. The molecule has 4 aromatic rings. The molecule has 6 aliphatic rings. The van der Waals surface area contributed by atoms with E-state index in [0.717, 1.165) is 92.9 Å². The van der Waals surface area contributed by atoms with E-state index in [-0.39, 0.29) is 47.7 Å². The number of phenolic OH excluding ortho intramolecular Hbond substituents is 1. The number of hydrogen-bond acceptors (Lipinski definition) is 9. The Kier molecular flexibility index (Phi) is 9.70. The van der Waals surface area contributed by atoms with Crippen molar-refractivity contribution in [3.8, 4) is 17.2 Å². The van der Waals surface area contributed by atoms with Crippen molar-refractivity contribution < 1.29 is 33.4 Å². The number of halogens is 1. The molecular weight excluding hydrogens is 750 g/mol. The number of amides is 3. The fraction of sp³-hybridized carbons (Fsp3) is 0.426. The molecule has 1 unspecified atom stereocenters. The molecule has 4 atom stereocenters. The average molecular weight is 800 g/mol. The van der Waals surface area contributed by atoms with Crippen molar-refractivity contribution in [2.45, 2.75) is 69.0 Å². The lowest BCUT2D eigenvalue weighted by molar-refractivity contribution is -0.136. The zero-order valence-corrected chi connectivity index (χ0v) is 33.4. The Morgan fingerprint density at radius 2 is 1.68 bits per heavy atom. The Morgan fingerprint density at radius 3 is 2.47 bits per heavy atom. The van der Waals surface area contributed by atoms with Crippen LogP contribution < -0.4 is 24.6 Å². The number of benzene rings is 4. The lowest BCUT2D eigenvalue weighted by Crippen LogP contribution is -2.58. The number of phenols is 1. The number of carbonyl (C=O) groups is 3. The van der Waals surface area contributed by atoms with E-state index < -0.39 is 11.9 Å². The first kappa shape index (κ1) is 37.6. The second-order valence-corrected chi connectivity index (χ2v) is 17.2. The molecular formula is C47H50FN5O6. The summed E-state index contributed by atoms with van der Waals surface area (Å²) >= 11 is 0. The number of imide groups is 1. The van der Waals surface area contributed by atoms with E-state index >= 15 is 4.39 Å². The number of aryl methyl sites for hydroxylation is 1. The molecule has 0 aromatic heterocycles. The van der Waals surface area contributed by atoms with Crippen LogP contribution in [0.4, 0.5) is 15.8 Å². The number of nitrogens with one attached hydrogen (secondary N) is 1. The number of ether oxygens (including phenoxy) is 2. The molecule has 12 heteroatoms. The standard InChI is InChI=1S/C47H50FN5O6/c1-58-42-23-40(38(48)21-37(42)45-34(29-5-3-2-4-6-29)9-7-30-19-33(54)8-10-35(30)45)51-15-13-28(14-16-51)24-50-17-18-52-32(26-50)27-59-43-22-36-31(20-41(43)52)25-53(47(36)57)39-11-12-44(55)49-46(39)56/h2-6,8,10,19-23,28,32,34,39,45,54H,7,9,11-18,24-27H2,1H3,(H,49,55,56)/t32-,34+,39?,45-/m0/s1. The number of nitrogens with zero attached hydrogens (tertiary/aromatic N) is 4. The molecule has 306 valence electrons. The maximum Gasteiger partial charge on any atom is 0.255 e. The van der Waals surface area contributed by atoms with Gasteiger partial charge in [-0.3, -0.25) is 24.6 Å². The summed E-state index contributed by atoms with van der Waals surface area (Å²) < 4.78 is 28.8. The smallest absolute Gasteiger partial charge is 0.255 e. The molecule has 0 bridgehead atoms. The summed E-state index contributed by atoms with van der Waals surface area (Å²) in [6, 6.07) is 23.1. The van der Waals surface area contributed by atoms with Crippen molar-refractivity contribution >= 4 is 29.1 Å². The van der Waals surface area contributed by atoms with Crippen molar-refractivity contribution in [3.05, 3.63) is 112 Å². The van der Waals surface area contributed by atoms with Gasteiger partial charge in [0.2, 0.25) is 11.8 Å². The van der Waals surface area contributed by atoms with Crippen LogP contribution in [0.2, 0.25) is 0 Å². The second-order valence-electron chi connectivity index (χ2n) is 17.2. The lowest BCUT2D eigenvalue weighted by Gasteiger charge is -2.47. The van der Waals surface area contributed by atoms with E-state index in [9.17, 15) is 19.5 Å². The van der Waals surface area contributed by atoms with Crippen molar-refractivity contribution in [1.29, 1.82) is 0 Å². The summed E-state index contributed by atoms with van der Waals surface area (Å²) in [4.78, 5) is 46.4. The number of hydrogen-bond donors (Lipinski definition) is 2. The highest BCUT2D eigenvalue weighted by molar-refractivity contribution is 6.06. The predicted octanol–water partition coefficient (Wildman–Crippen LogP) is 5.96. The van der Waals surface area contributed by atoms with E-state index in [2.05, 4.69) is 50.3 Å². The molecule has 5 heterocycles. The van der Waals surface area contributed by atoms with Crippen molar-refractivity contribution in [3.63, 3.8) is 0 Å². The average Bonchev–Trinajstić information content (AvgIpc) is 3.57. The number of aromatic hydroxyl groups is 1. The van der Waals surface area contributed by atoms with E-state index in [1.807, 2.05) is 30.3 Å². The summed E-state index contributed by atoms with van der Waals surface area (Å²) in [7, 11) is 1.67. The van der Waals surface area contributed by atoms with Gasteiger partial charge in [0.15, 0.2) is 0 Å². The van der Waals surface area contributed by atoms with Gasteiger partial charge in [0.1, 0.15) is 35.7 Å². The minimum absolute atomic E-state index is 0.116. The molecule has 3 fully saturated rings. The van der Waals surface area contributed by atoms with Crippen LogP contribution in [-0.2, 0) is 22.6 Å². The minimum Gasteiger partial charge on any atom is -0.508 e. The summed E-state index contributed by atoms with van der Waals surface area (Å²) in [5.74, 6) is 1.03. The fourth-order valence-corrected chi connectivity index (χ4v) is 10.8. The molecule has 59 heavy (non-hydrogen) atoms. The van der Waals surface area contributed by atoms with Gasteiger partial charge in [-0.25, -0.2) is 4.39 Å². The predicted molar refractivity (Wildman–Crippen MR) is 221 cm³/mol. The van der Waals surface area contributed by atoms with E-state index in [1.54, 1.807) is 24.1 Å². The SMILES string of the molecule is COc1cc(N2CCC(CN3CCN4c5cc6c(cc5OC[C@@H]4C3)C(=O)N(C3CCC(=O)NC3=O)C6)CC2)c(F)cc1[C@@H]1c2ccc(O)cc2CC[C@@H]1c1ccccc1. The van der Waals surface area contributed by atoms with Gasteiger partial charge in [0.25, 0.3) is 5.91 Å². The van der Waals surface area contributed by atoms with Gasteiger partial charge in [-0.2, -0.15) is 0 Å². The Balaban J connectivity index is 0.792. The first-order chi connectivity index (χ1) is 28.7. The molecule has 3 amide bonds. The van der Waals surface area contributed by atoms with Gasteiger partial charge in [-0.15, -0.1) is 0 Å². The van der Waals surface area contributed by atoms with Gasteiger partial charge < -0.3 is 29.3 Å². The quantitative estimate of drug-likeness (QED) is 0.219. The molecule has 2 N–H and O–H groups in total. The third-order valence-corrected chi connectivity index (χ3v) is 13.8. The number of piperazine rings is 1. The van der Waals surface area contributed by atoms with Crippen LogP contribution in [0.3, 0.4) is 0 Å². The Labute approximate surface area is 343 Å². The maximum atomic E-state index is 16.4. The van der Waals surface area contributed by atoms with Crippen molar-refractivity contribution in [1.82, 2.24) is 15.1 Å². The first-order valence-electron chi connectivity index (χ1n) is 21.1. The number of piperidine rings is 2. The van der Waals surface area contributed by atoms with Crippen LogP contribution in [0.25, 0.3) is 0 Å². The second kappa shape index (κ2) is 15.2. The van der Waals surface area contributed by atoms with E-state index in [0.29, 0.717) is 48.2 Å². The Hall–Kier alpha value is -5.62. The molecule has 0 spiro atoms. The highest BCUT2D eigenvalue weighted by atomic mass is 19.1. The highest BCUT2D eigenvalue weighted by Crippen LogP contribution is 2.50. The normalized spacial score (nSPS) is 24.5. The lowest BCUT2D eigenvalue weighted by atomic mass is 9.69. The van der Waals surface area contributed by atoms with E-state index in [1.165, 1.54) is 5.56 Å². The zero-order chi connectivity index (χ0) is 40.4. The molecule has 5 aliphatic heterocycles. The third kappa shape index (κ3) is 6.84. The summed E-state index contributed by atoms with van der Waals surface area (Å²) in [5, 5.41) is 12.7. The van der Waals surface area contributed by atoms with Crippen LogP contribution in [0.5, 0.6) is 17.2 Å². The molecule has 3 saturated heterocycles. The number of methoxy groups -OCH3 is 1. The maximum absolute atomic E-state index is 16.4. The molecule has 0 radical (unpaired) electrons. The third-order valence-electron chi connectivity index (χ3n) is 13.8. The summed E-state index contributed by atoms with van der Waals surface area (Å²) in [6.07, 6.45) is 4.22. The number of anilines is 2. The van der Waals surface area contributed by atoms with Crippen LogP contribution in [-0.4, -0.2) is 97.7 Å². The van der Waals surface area contributed by atoms with Crippen LogP contribution in [0.15, 0.2) is 72.8 Å². The first-order valence-corrected chi connectivity index (χ1v) is 21.1. The number of rotatable bonds is 7. The van der Waals surface area contributed by atoms with Gasteiger partial charge in [0.05, 0.1) is 24.5 Å². The van der Waals surface area contributed by atoms with Crippen molar-refractivity contribution in [2.75, 3.05) is 62.8 Å². The Morgan fingerprint density at radius 1 is 0.847 bits per heavy atom. The van der Waals surface area contributed by atoms with Crippen LogP contribution in [0.1, 0.15) is 82.1 Å². The molecule has 4 aromatic carbocycles. The summed E-state index contributed by atoms with van der Waals surface area (Å²) in [6.45, 7) is 6.02. The van der Waals surface area contributed by atoms with Crippen LogP contribution >= 0.6 is 0 Å². The van der Waals surface area contributed by atoms with Crippen molar-refractivity contribution in [2.24, 2.45) is 5.92 Å². The minimum atomic E-state index is -0.646. The Bertz CT molecular complexity index is 2310. The molecule has 0 saturated carbocycles. The van der Waals surface area contributed by atoms with Gasteiger partial charge in [-0.1, -0.05) is 36.4 Å². The van der Waals surface area contributed by atoms with E-state index in [4.69, 9.17) is 9.47 Å². The monoisotopic (exact) mass is 799 g/mol. The number of carbonyl (C=O) groups excluding carboxylic acids is 3. The van der Waals surface area contributed by atoms with Crippen LogP contribution in [0, 0.1) is 11.7 Å². The van der Waals surface area contributed by atoms with Gasteiger partial charge in [-0.05, 0) is 96.5 Å². The number of fused-ring (bicyclic) bond motifs is 5. The molecule has 11 nitrogen and oxygen atoms in total. The highest BCUT2D eigenvalue weighted by Gasteiger charge is 2.42. The summed E-state index contributed by atoms with van der Waals surface area (Å²) in [5.41, 5.74) is 7.30. The molecule has 10 rings (SSSR count).